The highest BCUT2D eigenvalue weighted by molar-refractivity contribution is 7.91. The van der Waals surface area contributed by atoms with Crippen LogP contribution in [0.1, 0.15) is 25.1 Å². The first kappa shape index (κ1) is 17.4. The normalized spacial score (nSPS) is 22.5. The molecule has 1 aliphatic heterocycles. The number of hydrogen-bond acceptors (Lipinski definition) is 5. The van der Waals surface area contributed by atoms with E-state index in [-0.39, 0.29) is 11.9 Å². The van der Waals surface area contributed by atoms with Crippen molar-refractivity contribution < 1.29 is 13.2 Å². The van der Waals surface area contributed by atoms with Gasteiger partial charge in [0.1, 0.15) is 4.21 Å². The third-order valence-electron chi connectivity index (χ3n) is 3.78. The van der Waals surface area contributed by atoms with Crippen molar-refractivity contribution in [3.8, 4) is 0 Å². The molecule has 0 saturated carbocycles. The van der Waals surface area contributed by atoms with Crippen LogP contribution < -0.4 is 15.4 Å². The van der Waals surface area contributed by atoms with E-state index in [2.05, 4.69) is 22.3 Å². The van der Waals surface area contributed by atoms with E-state index < -0.39 is 10.0 Å². The van der Waals surface area contributed by atoms with Crippen molar-refractivity contribution in [2.24, 2.45) is 5.92 Å². The van der Waals surface area contributed by atoms with Crippen molar-refractivity contribution in [2.75, 3.05) is 19.6 Å². The van der Waals surface area contributed by atoms with Gasteiger partial charge >= 0.3 is 0 Å². The number of nitrogens with one attached hydrogen (secondary N) is 3. The first-order valence-corrected chi connectivity index (χ1v) is 9.74. The lowest BCUT2D eigenvalue weighted by Crippen LogP contribution is -2.49. The second-order valence-corrected chi connectivity index (χ2v) is 8.76. The quantitative estimate of drug-likeness (QED) is 0.708. The minimum Gasteiger partial charge on any atom is -0.356 e. The van der Waals surface area contributed by atoms with Gasteiger partial charge in [0.05, 0.1) is 0 Å². The fourth-order valence-corrected chi connectivity index (χ4v) is 5.12. The molecule has 2 rings (SSSR count). The molecule has 2 atom stereocenters. The summed E-state index contributed by atoms with van der Waals surface area (Å²) in [6, 6.07) is 3.38. The Morgan fingerprint density at radius 3 is 2.91 bits per heavy atom. The van der Waals surface area contributed by atoms with E-state index >= 15 is 0 Å². The summed E-state index contributed by atoms with van der Waals surface area (Å²) >= 11 is 1.26. The predicted octanol–water partition coefficient (Wildman–Crippen LogP) is 0.703. The molecule has 2 heterocycles. The van der Waals surface area contributed by atoms with E-state index in [1.165, 1.54) is 18.3 Å². The van der Waals surface area contributed by atoms with Gasteiger partial charge in [-0.2, -0.15) is 0 Å². The maximum atomic E-state index is 12.4. The summed E-state index contributed by atoms with van der Waals surface area (Å²) in [4.78, 5) is 11.8. The molecular weight excluding hydrogens is 322 g/mol. The minimum atomic E-state index is -3.47. The minimum absolute atomic E-state index is 0.0660. The van der Waals surface area contributed by atoms with Crippen LogP contribution in [-0.4, -0.2) is 40.0 Å². The average Bonchev–Trinajstić information content (AvgIpc) is 2.90. The molecule has 1 fully saturated rings. The standard InChI is InChI=1S/C14H23N3O3S2/c1-10-5-7-15-9-13(10)17-22(19,20)14-4-3-12(21-14)6-8-16-11(2)18/h3-4,10,13,15,17H,5-9H2,1-2H3,(H,16,18). The summed E-state index contributed by atoms with van der Waals surface area (Å²) in [5.74, 6) is 0.250. The highest BCUT2D eigenvalue weighted by atomic mass is 32.2. The Balaban J connectivity index is 1.97. The fraction of sp³-hybridized carbons (Fsp3) is 0.643. The molecule has 8 heteroatoms. The van der Waals surface area contributed by atoms with Crippen LogP contribution in [0.4, 0.5) is 0 Å². The van der Waals surface area contributed by atoms with Gasteiger partial charge in [-0.15, -0.1) is 11.3 Å². The number of carbonyl (C=O) groups is 1. The Morgan fingerprint density at radius 1 is 1.45 bits per heavy atom. The van der Waals surface area contributed by atoms with Gasteiger partial charge in [0.25, 0.3) is 0 Å². The summed E-state index contributed by atoms with van der Waals surface area (Å²) in [5, 5.41) is 5.93. The topological polar surface area (TPSA) is 87.3 Å². The number of sulfonamides is 1. The predicted molar refractivity (Wildman–Crippen MR) is 87.5 cm³/mol. The van der Waals surface area contributed by atoms with Crippen molar-refractivity contribution >= 4 is 27.3 Å². The molecule has 0 aliphatic carbocycles. The highest BCUT2D eigenvalue weighted by Gasteiger charge is 2.27. The van der Waals surface area contributed by atoms with Gasteiger partial charge in [0.15, 0.2) is 0 Å². The monoisotopic (exact) mass is 345 g/mol. The van der Waals surface area contributed by atoms with Crippen molar-refractivity contribution in [3.63, 3.8) is 0 Å². The van der Waals surface area contributed by atoms with Crippen LogP contribution >= 0.6 is 11.3 Å². The lowest BCUT2D eigenvalue weighted by atomic mass is 9.96. The third kappa shape index (κ3) is 4.77. The van der Waals surface area contributed by atoms with Gasteiger partial charge in [-0.05, 0) is 37.4 Å². The molecule has 0 spiro atoms. The van der Waals surface area contributed by atoms with Crippen LogP contribution in [0.15, 0.2) is 16.3 Å². The van der Waals surface area contributed by atoms with E-state index in [1.807, 2.05) is 6.07 Å². The molecule has 0 radical (unpaired) electrons. The molecule has 6 nitrogen and oxygen atoms in total. The summed E-state index contributed by atoms with van der Waals surface area (Å²) in [5.41, 5.74) is 0. The highest BCUT2D eigenvalue weighted by Crippen LogP contribution is 2.23. The Kier molecular flexibility index (Phi) is 5.96. The second kappa shape index (κ2) is 7.54. The zero-order chi connectivity index (χ0) is 16.2. The zero-order valence-electron chi connectivity index (χ0n) is 12.9. The summed E-state index contributed by atoms with van der Waals surface area (Å²) in [7, 11) is -3.47. The molecular formula is C14H23N3O3S2. The summed E-state index contributed by atoms with van der Waals surface area (Å²) in [6.07, 6.45) is 1.61. The van der Waals surface area contributed by atoms with Crippen LogP contribution in [0, 0.1) is 5.92 Å². The van der Waals surface area contributed by atoms with Gasteiger partial charge in [-0.3, -0.25) is 4.79 Å². The number of thiophene rings is 1. The van der Waals surface area contributed by atoms with Crippen LogP contribution in [0.3, 0.4) is 0 Å². The van der Waals surface area contributed by atoms with E-state index in [0.29, 0.717) is 29.6 Å². The molecule has 0 bridgehead atoms. The summed E-state index contributed by atoms with van der Waals surface area (Å²) < 4.78 is 28.0. The van der Waals surface area contributed by atoms with Crippen LogP contribution in [-0.2, 0) is 21.2 Å². The third-order valence-corrected chi connectivity index (χ3v) is 6.91. The SMILES string of the molecule is CC(=O)NCCc1ccc(S(=O)(=O)NC2CNCCC2C)s1. The zero-order valence-corrected chi connectivity index (χ0v) is 14.5. The molecule has 1 aromatic rings. The van der Waals surface area contributed by atoms with Gasteiger partial charge in [-0.25, -0.2) is 13.1 Å². The lowest BCUT2D eigenvalue weighted by Gasteiger charge is -2.29. The van der Waals surface area contributed by atoms with Gasteiger partial charge in [0.2, 0.25) is 15.9 Å². The second-order valence-electron chi connectivity index (χ2n) is 5.65. The molecule has 1 amide bonds. The molecule has 1 aliphatic rings. The Morgan fingerprint density at radius 2 is 2.23 bits per heavy atom. The number of piperidine rings is 1. The van der Waals surface area contributed by atoms with E-state index in [9.17, 15) is 13.2 Å². The molecule has 1 aromatic heterocycles. The van der Waals surface area contributed by atoms with Gasteiger partial charge < -0.3 is 10.6 Å². The molecule has 2 unspecified atom stereocenters. The van der Waals surface area contributed by atoms with E-state index in [4.69, 9.17) is 0 Å². The Hall–Kier alpha value is -0.960. The number of amides is 1. The maximum Gasteiger partial charge on any atom is 0.250 e. The summed E-state index contributed by atoms with van der Waals surface area (Å²) in [6.45, 7) is 5.66. The molecule has 0 aromatic carbocycles. The number of carbonyl (C=O) groups excluding carboxylic acids is 1. The van der Waals surface area contributed by atoms with Crippen molar-refractivity contribution in [1.29, 1.82) is 0 Å². The van der Waals surface area contributed by atoms with Crippen molar-refractivity contribution in [1.82, 2.24) is 15.4 Å². The molecule has 1 saturated heterocycles. The first-order chi connectivity index (χ1) is 10.4. The number of hydrogen-bond donors (Lipinski definition) is 3. The van der Waals surface area contributed by atoms with Crippen molar-refractivity contribution in [3.05, 3.63) is 17.0 Å². The van der Waals surface area contributed by atoms with E-state index in [0.717, 1.165) is 17.8 Å². The van der Waals surface area contributed by atoms with E-state index in [1.54, 1.807) is 6.07 Å². The van der Waals surface area contributed by atoms with Crippen LogP contribution in [0.5, 0.6) is 0 Å². The van der Waals surface area contributed by atoms with Gasteiger partial charge in [-0.1, -0.05) is 6.92 Å². The van der Waals surface area contributed by atoms with Crippen LogP contribution in [0.2, 0.25) is 0 Å². The largest absolute Gasteiger partial charge is 0.356 e. The average molecular weight is 345 g/mol. The fourth-order valence-electron chi connectivity index (χ4n) is 2.40. The molecule has 22 heavy (non-hydrogen) atoms. The van der Waals surface area contributed by atoms with Gasteiger partial charge in [0, 0.05) is 30.9 Å². The van der Waals surface area contributed by atoms with Crippen molar-refractivity contribution in [2.45, 2.75) is 36.9 Å². The first-order valence-electron chi connectivity index (χ1n) is 7.44. The Bertz CT molecular complexity index is 613. The number of rotatable bonds is 6. The molecule has 124 valence electrons. The maximum absolute atomic E-state index is 12.4. The molecule has 3 N–H and O–H groups in total. The van der Waals surface area contributed by atoms with Crippen LogP contribution in [0.25, 0.3) is 0 Å². The lowest BCUT2D eigenvalue weighted by molar-refractivity contribution is -0.118. The smallest absolute Gasteiger partial charge is 0.250 e. The Labute approximate surface area is 135 Å².